The average molecular weight is 264 g/mol. The Balaban J connectivity index is 1.84. The van der Waals surface area contributed by atoms with E-state index < -0.39 is 0 Å². The molecule has 0 bridgehead atoms. The number of carbonyl (C=O) groups is 1. The summed E-state index contributed by atoms with van der Waals surface area (Å²) >= 11 is 0. The summed E-state index contributed by atoms with van der Waals surface area (Å²) in [5, 5.41) is 2.90. The lowest BCUT2D eigenvalue weighted by molar-refractivity contribution is -0.122. The number of nitrogens with one attached hydrogen (secondary N) is 1. The van der Waals surface area contributed by atoms with Gasteiger partial charge in [0.15, 0.2) is 0 Å². The number of anilines is 1. The molecule has 0 aliphatic carbocycles. The lowest BCUT2D eigenvalue weighted by Crippen LogP contribution is -2.45. The van der Waals surface area contributed by atoms with Gasteiger partial charge in [-0.2, -0.15) is 0 Å². The summed E-state index contributed by atoms with van der Waals surface area (Å²) in [6.45, 7) is 1.69. The Labute approximate surface area is 113 Å². The maximum absolute atomic E-state index is 11.9. The quantitative estimate of drug-likeness (QED) is 0.769. The second-order valence-corrected chi connectivity index (χ2v) is 4.89. The Morgan fingerprint density at radius 1 is 1.58 bits per heavy atom. The van der Waals surface area contributed by atoms with Crippen LogP contribution in [0.1, 0.15) is 12.0 Å². The number of amides is 1. The lowest BCUT2D eigenvalue weighted by atomic mass is 10.0. The van der Waals surface area contributed by atoms with Crippen LogP contribution in [0.5, 0.6) is 0 Å². The largest absolute Gasteiger partial charge is 0.399 e. The van der Waals surface area contributed by atoms with Gasteiger partial charge in [-0.3, -0.25) is 4.79 Å². The van der Waals surface area contributed by atoms with E-state index in [4.69, 9.17) is 15.2 Å². The van der Waals surface area contributed by atoms with Crippen LogP contribution in [0, 0.1) is 0 Å². The van der Waals surface area contributed by atoms with Gasteiger partial charge in [0.1, 0.15) is 5.60 Å². The molecule has 1 aliphatic rings. The van der Waals surface area contributed by atoms with Crippen molar-refractivity contribution in [3.8, 4) is 0 Å². The molecule has 1 aromatic rings. The fraction of sp³-hybridized carbons (Fsp3) is 0.500. The highest BCUT2D eigenvalue weighted by atomic mass is 16.5. The van der Waals surface area contributed by atoms with Crippen LogP contribution in [0.2, 0.25) is 0 Å². The summed E-state index contributed by atoms with van der Waals surface area (Å²) in [4.78, 5) is 11.9. The number of hydrogen-bond acceptors (Lipinski definition) is 4. The molecule has 1 aromatic carbocycles. The van der Waals surface area contributed by atoms with Crippen molar-refractivity contribution >= 4 is 11.6 Å². The van der Waals surface area contributed by atoms with Crippen LogP contribution in [0.3, 0.4) is 0 Å². The van der Waals surface area contributed by atoms with Gasteiger partial charge in [0.25, 0.3) is 0 Å². The summed E-state index contributed by atoms with van der Waals surface area (Å²) < 4.78 is 10.8. The molecule has 5 heteroatoms. The van der Waals surface area contributed by atoms with E-state index in [1.54, 1.807) is 13.2 Å². The Morgan fingerprint density at radius 3 is 3.05 bits per heavy atom. The van der Waals surface area contributed by atoms with Gasteiger partial charge in [-0.15, -0.1) is 0 Å². The maximum Gasteiger partial charge on any atom is 0.224 e. The third-order valence-electron chi connectivity index (χ3n) is 3.42. The minimum Gasteiger partial charge on any atom is -0.399 e. The molecule has 5 nitrogen and oxygen atoms in total. The minimum absolute atomic E-state index is 0.0334. The van der Waals surface area contributed by atoms with Gasteiger partial charge in [-0.25, -0.2) is 0 Å². The van der Waals surface area contributed by atoms with Crippen LogP contribution in [0.15, 0.2) is 24.3 Å². The third-order valence-corrected chi connectivity index (χ3v) is 3.42. The number of hydrogen-bond donors (Lipinski definition) is 2. The number of nitrogen functional groups attached to an aromatic ring is 1. The molecular formula is C14H20N2O3. The average Bonchev–Trinajstić information content (AvgIpc) is 2.86. The standard InChI is InChI=1S/C14H20N2O3/c1-18-14(5-6-19-10-14)9-16-13(17)8-11-3-2-4-12(15)7-11/h2-4,7H,5-6,8-10,15H2,1H3,(H,16,17). The van der Waals surface area contributed by atoms with E-state index >= 15 is 0 Å². The number of benzene rings is 1. The topological polar surface area (TPSA) is 73.6 Å². The van der Waals surface area contributed by atoms with Crippen molar-refractivity contribution in [2.45, 2.75) is 18.4 Å². The highest BCUT2D eigenvalue weighted by molar-refractivity contribution is 5.78. The summed E-state index contributed by atoms with van der Waals surface area (Å²) in [6.07, 6.45) is 1.13. The van der Waals surface area contributed by atoms with E-state index in [-0.39, 0.29) is 11.5 Å². The Bertz CT molecular complexity index is 442. The third kappa shape index (κ3) is 3.68. The first-order valence-electron chi connectivity index (χ1n) is 6.38. The summed E-state index contributed by atoms with van der Waals surface area (Å²) in [5.74, 6) is -0.0334. The maximum atomic E-state index is 11.9. The molecule has 0 saturated carbocycles. The van der Waals surface area contributed by atoms with Gasteiger partial charge >= 0.3 is 0 Å². The smallest absolute Gasteiger partial charge is 0.224 e. The number of nitrogens with two attached hydrogens (primary N) is 1. The van der Waals surface area contributed by atoms with Gasteiger partial charge in [0.05, 0.1) is 13.0 Å². The molecule has 0 aromatic heterocycles. The molecule has 1 aliphatic heterocycles. The summed E-state index contributed by atoms with van der Waals surface area (Å²) in [7, 11) is 1.65. The van der Waals surface area contributed by atoms with Crippen molar-refractivity contribution in [1.82, 2.24) is 5.32 Å². The predicted molar refractivity (Wildman–Crippen MR) is 72.7 cm³/mol. The number of rotatable bonds is 5. The molecule has 1 fully saturated rings. The second-order valence-electron chi connectivity index (χ2n) is 4.89. The molecule has 1 amide bonds. The molecule has 1 saturated heterocycles. The molecule has 3 N–H and O–H groups in total. The molecule has 2 rings (SSSR count). The Hall–Kier alpha value is -1.59. The zero-order valence-electron chi connectivity index (χ0n) is 11.1. The first-order chi connectivity index (χ1) is 9.13. The molecule has 1 heterocycles. The molecule has 1 atom stereocenters. The van der Waals surface area contributed by atoms with Crippen LogP contribution in [-0.4, -0.2) is 38.4 Å². The van der Waals surface area contributed by atoms with E-state index in [1.807, 2.05) is 18.2 Å². The number of carbonyl (C=O) groups excluding carboxylic acids is 1. The highest BCUT2D eigenvalue weighted by Crippen LogP contribution is 2.21. The van der Waals surface area contributed by atoms with Crippen LogP contribution in [-0.2, 0) is 20.7 Å². The van der Waals surface area contributed by atoms with Crippen LogP contribution >= 0.6 is 0 Å². The molecule has 1 unspecified atom stereocenters. The molecule has 19 heavy (non-hydrogen) atoms. The van der Waals surface area contributed by atoms with E-state index in [1.165, 1.54) is 0 Å². The highest BCUT2D eigenvalue weighted by Gasteiger charge is 2.35. The Morgan fingerprint density at radius 2 is 2.42 bits per heavy atom. The van der Waals surface area contributed by atoms with Crippen molar-refractivity contribution < 1.29 is 14.3 Å². The van der Waals surface area contributed by atoms with Crippen LogP contribution < -0.4 is 11.1 Å². The molecule has 104 valence electrons. The fourth-order valence-corrected chi connectivity index (χ4v) is 2.17. The zero-order chi connectivity index (χ0) is 13.7. The van der Waals surface area contributed by atoms with Gasteiger partial charge in [-0.1, -0.05) is 12.1 Å². The summed E-state index contributed by atoms with van der Waals surface area (Å²) in [6, 6.07) is 7.35. The number of methoxy groups -OCH3 is 1. The predicted octanol–water partition coefficient (Wildman–Crippen LogP) is 0.733. The zero-order valence-corrected chi connectivity index (χ0v) is 11.1. The fourth-order valence-electron chi connectivity index (χ4n) is 2.17. The normalized spacial score (nSPS) is 22.4. The van der Waals surface area contributed by atoms with Crippen molar-refractivity contribution in [3.05, 3.63) is 29.8 Å². The van der Waals surface area contributed by atoms with Gasteiger partial charge in [0, 0.05) is 32.4 Å². The first-order valence-corrected chi connectivity index (χ1v) is 6.38. The number of ether oxygens (including phenoxy) is 2. The van der Waals surface area contributed by atoms with E-state index in [9.17, 15) is 4.79 Å². The second kappa shape index (κ2) is 6.04. The van der Waals surface area contributed by atoms with Crippen LogP contribution in [0.25, 0.3) is 0 Å². The van der Waals surface area contributed by atoms with Gasteiger partial charge < -0.3 is 20.5 Å². The van der Waals surface area contributed by atoms with Crippen LogP contribution in [0.4, 0.5) is 5.69 Å². The van der Waals surface area contributed by atoms with Crippen molar-refractivity contribution in [2.24, 2.45) is 0 Å². The van der Waals surface area contributed by atoms with Crippen molar-refractivity contribution in [3.63, 3.8) is 0 Å². The Kier molecular flexibility index (Phi) is 4.39. The summed E-state index contributed by atoms with van der Waals surface area (Å²) in [5.41, 5.74) is 6.89. The van der Waals surface area contributed by atoms with E-state index in [2.05, 4.69) is 5.32 Å². The first kappa shape index (κ1) is 13.8. The minimum atomic E-state index is -0.370. The van der Waals surface area contributed by atoms with Crippen molar-refractivity contribution in [1.29, 1.82) is 0 Å². The molecule has 0 radical (unpaired) electrons. The monoisotopic (exact) mass is 264 g/mol. The SMILES string of the molecule is COC1(CNC(=O)Cc2cccc(N)c2)CCOC1. The van der Waals surface area contributed by atoms with Gasteiger partial charge in [-0.05, 0) is 17.7 Å². The van der Waals surface area contributed by atoms with Gasteiger partial charge in [0.2, 0.25) is 5.91 Å². The molecule has 0 spiro atoms. The van der Waals surface area contributed by atoms with E-state index in [0.717, 1.165) is 12.0 Å². The van der Waals surface area contributed by atoms with Crippen molar-refractivity contribution in [2.75, 3.05) is 32.6 Å². The van der Waals surface area contributed by atoms with E-state index in [0.29, 0.717) is 31.9 Å². The lowest BCUT2D eigenvalue weighted by Gasteiger charge is -2.25. The molecular weight excluding hydrogens is 244 g/mol.